The fourth-order valence-corrected chi connectivity index (χ4v) is 4.58. The number of carbonyl (C=O) groups excluding carboxylic acids is 1. The highest BCUT2D eigenvalue weighted by Gasteiger charge is 2.35. The molecule has 0 bridgehead atoms. The van der Waals surface area contributed by atoms with E-state index >= 15 is 0 Å². The van der Waals surface area contributed by atoms with E-state index in [4.69, 9.17) is 0 Å². The van der Waals surface area contributed by atoms with E-state index < -0.39 is 0 Å². The molecule has 1 heterocycles. The van der Waals surface area contributed by atoms with Crippen molar-refractivity contribution in [1.29, 1.82) is 5.26 Å². The van der Waals surface area contributed by atoms with Gasteiger partial charge in [0.2, 0.25) is 0 Å². The Morgan fingerprint density at radius 3 is 2.61 bits per heavy atom. The lowest BCUT2D eigenvalue weighted by molar-refractivity contribution is -0.112. The minimum absolute atomic E-state index is 0.104. The minimum atomic E-state index is -0.384. The molecule has 1 amide bonds. The Balaban J connectivity index is 1.90. The molecule has 0 saturated carbocycles. The lowest BCUT2D eigenvalue weighted by atomic mass is 9.79. The van der Waals surface area contributed by atoms with Crippen LogP contribution in [0.2, 0.25) is 0 Å². The number of nitriles is 1. The van der Waals surface area contributed by atoms with Gasteiger partial charge in [-0.3, -0.25) is 4.79 Å². The van der Waals surface area contributed by atoms with Crippen molar-refractivity contribution in [2.75, 3.05) is 16.8 Å². The maximum atomic E-state index is 12.7. The number of aryl methyl sites for hydroxylation is 2. The smallest absolute Gasteiger partial charge is 0.266 e. The maximum absolute atomic E-state index is 12.7. The number of fused-ring (bicyclic) bond motifs is 1. The van der Waals surface area contributed by atoms with Crippen LogP contribution in [-0.4, -0.2) is 18.0 Å². The third kappa shape index (κ3) is 4.82. The van der Waals surface area contributed by atoms with E-state index in [1.807, 2.05) is 38.1 Å². The second kappa shape index (κ2) is 8.98. The molecule has 1 unspecified atom stereocenters. The Labute approximate surface area is 186 Å². The van der Waals surface area contributed by atoms with E-state index in [0.717, 1.165) is 36.1 Å². The van der Waals surface area contributed by atoms with E-state index in [-0.39, 0.29) is 17.0 Å². The SMILES string of the molecule is CCCN1c2ccc(/C=C(\C#N)C(=O)Nc3ccc(C)c(C)c3)cc2C(C)CC1(C)C. The van der Waals surface area contributed by atoms with Crippen molar-refractivity contribution < 1.29 is 4.79 Å². The first-order valence-corrected chi connectivity index (χ1v) is 11.1. The largest absolute Gasteiger partial charge is 0.366 e. The highest BCUT2D eigenvalue weighted by Crippen LogP contribution is 2.43. The summed E-state index contributed by atoms with van der Waals surface area (Å²) < 4.78 is 0. The molecule has 1 atom stereocenters. The highest BCUT2D eigenvalue weighted by atomic mass is 16.1. The first kappa shape index (κ1) is 22.6. The molecule has 0 spiro atoms. The number of anilines is 2. The van der Waals surface area contributed by atoms with Crippen LogP contribution in [0.3, 0.4) is 0 Å². The summed E-state index contributed by atoms with van der Waals surface area (Å²) in [5, 5.41) is 12.5. The van der Waals surface area contributed by atoms with Crippen LogP contribution in [0.4, 0.5) is 11.4 Å². The lowest BCUT2D eigenvalue weighted by Gasteiger charge is -2.47. The second-order valence-electron chi connectivity index (χ2n) is 9.31. The molecule has 4 heteroatoms. The quantitative estimate of drug-likeness (QED) is 0.457. The van der Waals surface area contributed by atoms with Crippen LogP contribution in [0, 0.1) is 25.2 Å². The molecular weight excluding hydrogens is 382 g/mol. The van der Waals surface area contributed by atoms with Crippen molar-refractivity contribution in [2.45, 2.75) is 65.8 Å². The van der Waals surface area contributed by atoms with Gasteiger partial charge in [-0.05, 0) is 99.0 Å². The van der Waals surface area contributed by atoms with Crippen LogP contribution < -0.4 is 10.2 Å². The van der Waals surface area contributed by atoms with Crippen LogP contribution >= 0.6 is 0 Å². The standard InChI is InChI=1S/C27H33N3O/c1-7-12-30-25-11-9-21(15-24(25)20(4)16-27(30,5)6)14-22(17-28)26(31)29-23-10-8-18(2)19(3)13-23/h8-11,13-15,20H,7,12,16H2,1-6H3,(H,29,31)/b22-14+. The minimum Gasteiger partial charge on any atom is -0.366 e. The number of hydrogen-bond donors (Lipinski definition) is 1. The van der Waals surface area contributed by atoms with Crippen molar-refractivity contribution in [3.05, 3.63) is 64.2 Å². The zero-order valence-corrected chi connectivity index (χ0v) is 19.5. The molecule has 2 aromatic carbocycles. The number of amides is 1. The molecule has 3 rings (SSSR count). The summed E-state index contributed by atoms with van der Waals surface area (Å²) in [5.74, 6) is 0.0339. The van der Waals surface area contributed by atoms with E-state index in [1.165, 1.54) is 11.3 Å². The number of benzene rings is 2. The van der Waals surface area contributed by atoms with Gasteiger partial charge in [-0.2, -0.15) is 5.26 Å². The van der Waals surface area contributed by atoms with Crippen LogP contribution in [0.15, 0.2) is 42.0 Å². The van der Waals surface area contributed by atoms with Crippen LogP contribution in [0.1, 0.15) is 68.7 Å². The third-order valence-corrected chi connectivity index (χ3v) is 6.30. The summed E-state index contributed by atoms with van der Waals surface area (Å²) >= 11 is 0. The lowest BCUT2D eigenvalue weighted by Crippen LogP contribution is -2.48. The molecular formula is C27H33N3O. The number of nitrogens with one attached hydrogen (secondary N) is 1. The fourth-order valence-electron chi connectivity index (χ4n) is 4.58. The van der Waals surface area contributed by atoms with Gasteiger partial charge < -0.3 is 10.2 Å². The predicted octanol–water partition coefficient (Wildman–Crippen LogP) is 6.35. The van der Waals surface area contributed by atoms with Gasteiger partial charge in [0.05, 0.1) is 0 Å². The Morgan fingerprint density at radius 1 is 1.23 bits per heavy atom. The van der Waals surface area contributed by atoms with Gasteiger partial charge in [0.1, 0.15) is 11.6 Å². The molecule has 0 aliphatic carbocycles. The first-order chi connectivity index (χ1) is 14.7. The van der Waals surface area contributed by atoms with Crippen molar-refractivity contribution in [1.82, 2.24) is 0 Å². The summed E-state index contributed by atoms with van der Waals surface area (Å²) in [6.07, 6.45) is 3.86. The van der Waals surface area contributed by atoms with Crippen LogP contribution in [0.25, 0.3) is 6.08 Å². The number of nitrogens with zero attached hydrogens (tertiary/aromatic N) is 2. The predicted molar refractivity (Wildman–Crippen MR) is 129 cm³/mol. The molecule has 4 nitrogen and oxygen atoms in total. The molecule has 31 heavy (non-hydrogen) atoms. The number of rotatable bonds is 5. The van der Waals surface area contributed by atoms with Gasteiger partial charge in [0, 0.05) is 23.5 Å². The van der Waals surface area contributed by atoms with Gasteiger partial charge in [-0.1, -0.05) is 26.0 Å². The summed E-state index contributed by atoms with van der Waals surface area (Å²) in [7, 11) is 0. The first-order valence-electron chi connectivity index (χ1n) is 11.1. The van der Waals surface area contributed by atoms with Crippen molar-refractivity contribution in [3.63, 3.8) is 0 Å². The average molecular weight is 416 g/mol. The molecule has 0 fully saturated rings. The van der Waals surface area contributed by atoms with Crippen molar-refractivity contribution in [2.24, 2.45) is 0 Å². The Morgan fingerprint density at radius 2 is 1.97 bits per heavy atom. The zero-order valence-electron chi connectivity index (χ0n) is 19.5. The molecule has 0 aromatic heterocycles. The van der Waals surface area contributed by atoms with Gasteiger partial charge in [0.25, 0.3) is 5.91 Å². The molecule has 162 valence electrons. The number of hydrogen-bond acceptors (Lipinski definition) is 3. The zero-order chi connectivity index (χ0) is 22.8. The maximum Gasteiger partial charge on any atom is 0.266 e. The topological polar surface area (TPSA) is 56.1 Å². The van der Waals surface area contributed by atoms with Crippen LogP contribution in [0.5, 0.6) is 0 Å². The van der Waals surface area contributed by atoms with Gasteiger partial charge in [0.15, 0.2) is 0 Å². The Kier molecular flexibility index (Phi) is 6.55. The van der Waals surface area contributed by atoms with Crippen molar-refractivity contribution >= 4 is 23.4 Å². The Hall–Kier alpha value is -3.06. The van der Waals surface area contributed by atoms with E-state index in [0.29, 0.717) is 11.6 Å². The van der Waals surface area contributed by atoms with E-state index in [9.17, 15) is 10.1 Å². The van der Waals surface area contributed by atoms with E-state index in [2.05, 4.69) is 56.1 Å². The van der Waals surface area contributed by atoms with Crippen molar-refractivity contribution in [3.8, 4) is 6.07 Å². The summed E-state index contributed by atoms with van der Waals surface area (Å²) in [6, 6.07) is 14.1. The van der Waals surface area contributed by atoms with Gasteiger partial charge in [-0.15, -0.1) is 0 Å². The highest BCUT2D eigenvalue weighted by molar-refractivity contribution is 6.09. The number of carbonyl (C=O) groups is 1. The third-order valence-electron chi connectivity index (χ3n) is 6.30. The Bertz CT molecular complexity index is 1060. The summed E-state index contributed by atoms with van der Waals surface area (Å²) in [6.45, 7) is 14.1. The van der Waals surface area contributed by atoms with Crippen LogP contribution in [-0.2, 0) is 4.79 Å². The molecule has 1 aliphatic rings. The summed E-state index contributed by atoms with van der Waals surface area (Å²) in [4.78, 5) is 15.2. The fraction of sp³-hybridized carbons (Fsp3) is 0.407. The summed E-state index contributed by atoms with van der Waals surface area (Å²) in [5.41, 5.74) is 6.62. The second-order valence-corrected chi connectivity index (χ2v) is 9.31. The van der Waals surface area contributed by atoms with Gasteiger partial charge in [-0.25, -0.2) is 0 Å². The van der Waals surface area contributed by atoms with Gasteiger partial charge >= 0.3 is 0 Å². The molecule has 1 N–H and O–H groups in total. The molecule has 0 radical (unpaired) electrons. The molecule has 0 saturated heterocycles. The van der Waals surface area contributed by atoms with E-state index in [1.54, 1.807) is 6.08 Å². The monoisotopic (exact) mass is 415 g/mol. The molecule has 1 aliphatic heterocycles. The molecule has 2 aromatic rings. The normalized spacial score (nSPS) is 17.6. The average Bonchev–Trinajstić information content (AvgIpc) is 2.71.